The van der Waals surface area contributed by atoms with E-state index in [4.69, 9.17) is 5.73 Å². The highest BCUT2D eigenvalue weighted by atomic mass is 32.2. The predicted molar refractivity (Wildman–Crippen MR) is 76.4 cm³/mol. The van der Waals surface area contributed by atoms with Gasteiger partial charge in [0.2, 0.25) is 5.91 Å². The molecule has 1 aromatic heterocycles. The molecule has 0 aliphatic carbocycles. The first kappa shape index (κ1) is 14.8. The average Bonchev–Trinajstić information content (AvgIpc) is 2.45. The molecule has 1 aliphatic rings. The Morgan fingerprint density at radius 2 is 2.00 bits per heavy atom. The maximum atomic E-state index is 12.4. The number of nitrogens with two attached hydrogens (primary N) is 1. The molecule has 2 heterocycles. The number of thioether (sulfide) groups is 1. The molecule has 6 nitrogen and oxygen atoms in total. The first-order valence-corrected chi connectivity index (χ1v) is 7.72. The van der Waals surface area contributed by atoms with Gasteiger partial charge in [-0.2, -0.15) is 0 Å². The first-order valence-electron chi connectivity index (χ1n) is 6.49. The van der Waals surface area contributed by atoms with Crippen molar-refractivity contribution in [3.63, 3.8) is 0 Å². The van der Waals surface area contributed by atoms with Crippen LogP contribution in [-0.2, 0) is 4.79 Å². The number of carbonyl (C=O) groups excluding carboxylic acids is 2. The van der Waals surface area contributed by atoms with Crippen LogP contribution >= 0.6 is 11.8 Å². The number of aromatic nitrogens is 2. The summed E-state index contributed by atoms with van der Waals surface area (Å²) in [6.07, 6.45) is 3.13. The molecule has 1 aliphatic heterocycles. The highest BCUT2D eigenvalue weighted by Gasteiger charge is 2.27. The van der Waals surface area contributed by atoms with Gasteiger partial charge in [0.25, 0.3) is 5.91 Å². The Bertz CT molecular complexity index is 527. The largest absolute Gasteiger partial charge is 0.369 e. The topological polar surface area (TPSA) is 89.2 Å². The second-order valence-corrected chi connectivity index (χ2v) is 5.62. The predicted octanol–water partition coefficient (Wildman–Crippen LogP) is 0.844. The number of aryl methyl sites for hydroxylation is 1. The van der Waals surface area contributed by atoms with Crippen molar-refractivity contribution < 1.29 is 9.59 Å². The molecule has 20 heavy (non-hydrogen) atoms. The summed E-state index contributed by atoms with van der Waals surface area (Å²) >= 11 is 1.41. The van der Waals surface area contributed by atoms with Crippen molar-refractivity contribution in [1.29, 1.82) is 0 Å². The molecule has 7 heteroatoms. The molecule has 0 bridgehead atoms. The summed E-state index contributed by atoms with van der Waals surface area (Å²) < 4.78 is 0. The molecule has 2 rings (SSSR count). The van der Waals surface area contributed by atoms with E-state index in [0.29, 0.717) is 36.8 Å². The first-order chi connectivity index (χ1) is 9.51. The Morgan fingerprint density at radius 1 is 1.35 bits per heavy atom. The fraction of sp³-hybridized carbons (Fsp3) is 0.538. The van der Waals surface area contributed by atoms with Crippen LogP contribution in [0.15, 0.2) is 11.2 Å². The van der Waals surface area contributed by atoms with Crippen LogP contribution in [0.1, 0.15) is 29.0 Å². The molecule has 1 fully saturated rings. The van der Waals surface area contributed by atoms with Crippen LogP contribution in [0.25, 0.3) is 0 Å². The maximum absolute atomic E-state index is 12.4. The monoisotopic (exact) mass is 294 g/mol. The van der Waals surface area contributed by atoms with Gasteiger partial charge in [0.05, 0.1) is 0 Å². The second kappa shape index (κ2) is 6.21. The zero-order valence-electron chi connectivity index (χ0n) is 11.6. The molecule has 2 N–H and O–H groups in total. The summed E-state index contributed by atoms with van der Waals surface area (Å²) in [4.78, 5) is 33.7. The lowest BCUT2D eigenvalue weighted by Gasteiger charge is -2.30. The van der Waals surface area contributed by atoms with E-state index in [2.05, 4.69) is 9.97 Å². The van der Waals surface area contributed by atoms with Crippen LogP contribution < -0.4 is 5.73 Å². The summed E-state index contributed by atoms with van der Waals surface area (Å²) in [7, 11) is 0. The molecule has 0 saturated carbocycles. The average molecular weight is 294 g/mol. The van der Waals surface area contributed by atoms with Gasteiger partial charge >= 0.3 is 0 Å². The normalized spacial score (nSPS) is 16.2. The van der Waals surface area contributed by atoms with E-state index in [1.54, 1.807) is 11.0 Å². The molecule has 1 aromatic rings. The Balaban J connectivity index is 2.09. The van der Waals surface area contributed by atoms with Gasteiger partial charge in [0, 0.05) is 24.7 Å². The minimum absolute atomic E-state index is 0.103. The molecule has 0 atom stereocenters. The highest BCUT2D eigenvalue weighted by Crippen LogP contribution is 2.19. The van der Waals surface area contributed by atoms with E-state index >= 15 is 0 Å². The number of rotatable bonds is 3. The third-order valence-electron chi connectivity index (χ3n) is 3.42. The van der Waals surface area contributed by atoms with Crippen LogP contribution in [-0.4, -0.2) is 46.0 Å². The van der Waals surface area contributed by atoms with Crippen molar-refractivity contribution in [2.75, 3.05) is 19.3 Å². The molecule has 108 valence electrons. The van der Waals surface area contributed by atoms with E-state index < -0.39 is 0 Å². The molecule has 2 amide bonds. The number of piperidine rings is 1. The van der Waals surface area contributed by atoms with Crippen LogP contribution in [0.5, 0.6) is 0 Å². The summed E-state index contributed by atoms with van der Waals surface area (Å²) in [6.45, 7) is 2.94. The van der Waals surface area contributed by atoms with E-state index in [0.717, 1.165) is 5.69 Å². The van der Waals surface area contributed by atoms with Gasteiger partial charge < -0.3 is 10.6 Å². The van der Waals surface area contributed by atoms with Gasteiger partial charge in [-0.05, 0) is 32.1 Å². The van der Waals surface area contributed by atoms with Crippen molar-refractivity contribution in [3.05, 3.63) is 17.5 Å². The van der Waals surface area contributed by atoms with E-state index in [1.165, 1.54) is 11.8 Å². The molecule has 0 aromatic carbocycles. The molecule has 0 radical (unpaired) electrons. The zero-order chi connectivity index (χ0) is 14.7. The fourth-order valence-corrected chi connectivity index (χ4v) is 2.70. The quantitative estimate of drug-likeness (QED) is 0.659. The Hall–Kier alpha value is -1.63. The van der Waals surface area contributed by atoms with Crippen molar-refractivity contribution in [1.82, 2.24) is 14.9 Å². The van der Waals surface area contributed by atoms with Gasteiger partial charge in [-0.3, -0.25) is 9.59 Å². The Morgan fingerprint density at radius 3 is 2.55 bits per heavy atom. The lowest BCUT2D eigenvalue weighted by Crippen LogP contribution is -2.42. The van der Waals surface area contributed by atoms with E-state index in [-0.39, 0.29) is 17.7 Å². The number of hydrogen-bond donors (Lipinski definition) is 1. The number of likely N-dealkylation sites (tertiary alicyclic amines) is 1. The van der Waals surface area contributed by atoms with Crippen LogP contribution in [0.2, 0.25) is 0 Å². The van der Waals surface area contributed by atoms with Crippen LogP contribution in [0.4, 0.5) is 0 Å². The Labute approximate surface area is 122 Å². The van der Waals surface area contributed by atoms with Crippen LogP contribution in [0.3, 0.4) is 0 Å². The lowest BCUT2D eigenvalue weighted by molar-refractivity contribution is -0.123. The molecular weight excluding hydrogens is 276 g/mol. The number of nitrogens with zero attached hydrogens (tertiary/aromatic N) is 3. The van der Waals surface area contributed by atoms with Gasteiger partial charge in [-0.1, -0.05) is 11.8 Å². The van der Waals surface area contributed by atoms with Gasteiger partial charge in [0.15, 0.2) is 5.16 Å². The lowest BCUT2D eigenvalue weighted by atomic mass is 9.96. The van der Waals surface area contributed by atoms with Crippen molar-refractivity contribution in [2.24, 2.45) is 11.7 Å². The minimum Gasteiger partial charge on any atom is -0.369 e. The number of carbonyl (C=O) groups is 2. The second-order valence-electron chi connectivity index (χ2n) is 4.85. The van der Waals surface area contributed by atoms with Gasteiger partial charge in [-0.25, -0.2) is 9.97 Å². The Kier molecular flexibility index (Phi) is 4.59. The van der Waals surface area contributed by atoms with Gasteiger partial charge in [-0.15, -0.1) is 0 Å². The van der Waals surface area contributed by atoms with E-state index in [9.17, 15) is 9.59 Å². The summed E-state index contributed by atoms with van der Waals surface area (Å²) in [5.41, 5.74) is 6.49. The molecule has 1 saturated heterocycles. The van der Waals surface area contributed by atoms with Crippen LogP contribution in [0, 0.1) is 12.8 Å². The van der Waals surface area contributed by atoms with Crippen molar-refractivity contribution >= 4 is 23.6 Å². The zero-order valence-corrected chi connectivity index (χ0v) is 12.4. The molecular formula is C13H18N4O2S. The number of primary amides is 1. The summed E-state index contributed by atoms with van der Waals surface area (Å²) in [5, 5.41) is 0.598. The third kappa shape index (κ3) is 3.27. The van der Waals surface area contributed by atoms with Crippen molar-refractivity contribution in [3.8, 4) is 0 Å². The summed E-state index contributed by atoms with van der Waals surface area (Å²) in [5.74, 6) is -0.499. The minimum atomic E-state index is -0.278. The summed E-state index contributed by atoms with van der Waals surface area (Å²) in [6, 6.07) is 1.70. The highest BCUT2D eigenvalue weighted by molar-refractivity contribution is 7.98. The SMILES string of the molecule is CSc1nc(C)cc(C(=O)N2CCC(C(N)=O)CC2)n1. The number of hydrogen-bond acceptors (Lipinski definition) is 5. The maximum Gasteiger partial charge on any atom is 0.272 e. The number of amides is 2. The van der Waals surface area contributed by atoms with Gasteiger partial charge in [0.1, 0.15) is 5.69 Å². The molecule has 0 spiro atoms. The smallest absolute Gasteiger partial charge is 0.272 e. The standard InChI is InChI=1S/C13H18N4O2S/c1-8-7-10(16-13(15-8)20-2)12(19)17-5-3-9(4-6-17)11(14)18/h7,9H,3-6H2,1-2H3,(H2,14,18). The third-order valence-corrected chi connectivity index (χ3v) is 3.97. The molecule has 0 unspecified atom stereocenters. The van der Waals surface area contributed by atoms with Crippen molar-refractivity contribution in [2.45, 2.75) is 24.9 Å². The van der Waals surface area contributed by atoms with E-state index in [1.807, 2.05) is 13.2 Å². The fourth-order valence-electron chi connectivity index (χ4n) is 2.27.